The molecule has 38 heavy (non-hydrogen) atoms. The topological polar surface area (TPSA) is 85.3 Å². The zero-order valence-electron chi connectivity index (χ0n) is 23.6. The van der Waals surface area contributed by atoms with E-state index >= 15 is 0 Å². The molecule has 3 aliphatic carbocycles. The maximum Gasteiger partial charge on any atom is 0.350 e. The van der Waals surface area contributed by atoms with Crippen molar-refractivity contribution in [2.45, 2.75) is 115 Å². The fourth-order valence-corrected chi connectivity index (χ4v) is 8.11. The summed E-state index contributed by atoms with van der Waals surface area (Å²) in [6.45, 7) is 7.97. The summed E-state index contributed by atoms with van der Waals surface area (Å²) in [5.74, 6) is -0.269. The highest BCUT2D eigenvalue weighted by Crippen LogP contribution is 2.50. The van der Waals surface area contributed by atoms with E-state index in [0.29, 0.717) is 42.5 Å². The van der Waals surface area contributed by atoms with Gasteiger partial charge in [-0.25, -0.2) is 4.79 Å². The van der Waals surface area contributed by atoms with Crippen molar-refractivity contribution in [2.75, 3.05) is 25.2 Å². The Hall–Kier alpha value is -1.48. The van der Waals surface area contributed by atoms with Crippen LogP contribution in [-0.2, 0) is 24.6 Å². The minimum atomic E-state index is -0.988. The fraction of sp³-hybridized carbons (Fsp3) is 0.800. The average molecular weight is 548 g/mol. The Labute approximate surface area is 231 Å². The molecule has 1 saturated heterocycles. The highest BCUT2D eigenvalue weighted by molar-refractivity contribution is 7.14. The van der Waals surface area contributed by atoms with E-state index in [0.717, 1.165) is 69.1 Å². The lowest BCUT2D eigenvalue weighted by atomic mass is 9.70. The SMILES string of the molecule is COC(=O)c1sc(C2(O)CCC(C)(C)CC2)cc1N(C(=O)[C@H]1CC[C@H](C)CC1)C1CCC2(CC1)OCCO2. The van der Waals surface area contributed by atoms with Crippen LogP contribution in [0.25, 0.3) is 0 Å². The van der Waals surface area contributed by atoms with Gasteiger partial charge in [-0.1, -0.05) is 20.8 Å². The lowest BCUT2D eigenvalue weighted by Gasteiger charge is -2.42. The van der Waals surface area contributed by atoms with Crippen LogP contribution in [0.15, 0.2) is 6.07 Å². The van der Waals surface area contributed by atoms with E-state index in [1.807, 2.05) is 11.0 Å². The summed E-state index contributed by atoms with van der Waals surface area (Å²) in [5, 5.41) is 11.7. The third-order valence-electron chi connectivity index (χ3n) is 9.73. The van der Waals surface area contributed by atoms with Gasteiger partial charge in [-0.15, -0.1) is 11.3 Å². The second-order valence-electron chi connectivity index (χ2n) is 13.0. The van der Waals surface area contributed by atoms with E-state index in [1.165, 1.54) is 18.4 Å². The third kappa shape index (κ3) is 5.56. The predicted octanol–water partition coefficient (Wildman–Crippen LogP) is 6.17. The summed E-state index contributed by atoms with van der Waals surface area (Å²) in [4.78, 5) is 30.5. The van der Waals surface area contributed by atoms with Crippen LogP contribution >= 0.6 is 11.3 Å². The number of esters is 1. The highest BCUT2D eigenvalue weighted by Gasteiger charge is 2.46. The number of hydrogen-bond donors (Lipinski definition) is 1. The van der Waals surface area contributed by atoms with Crippen LogP contribution in [0.4, 0.5) is 5.69 Å². The third-order valence-corrected chi connectivity index (χ3v) is 11.0. The zero-order valence-corrected chi connectivity index (χ0v) is 24.4. The van der Waals surface area contributed by atoms with Crippen molar-refractivity contribution in [3.8, 4) is 0 Å². The molecule has 1 amide bonds. The summed E-state index contributed by atoms with van der Waals surface area (Å²) >= 11 is 1.31. The highest BCUT2D eigenvalue weighted by atomic mass is 32.1. The maximum atomic E-state index is 14.3. The quantitative estimate of drug-likeness (QED) is 0.444. The van der Waals surface area contributed by atoms with Gasteiger partial charge in [-0.2, -0.15) is 0 Å². The van der Waals surface area contributed by atoms with Crippen LogP contribution in [0.5, 0.6) is 0 Å². The molecule has 4 fully saturated rings. The van der Waals surface area contributed by atoms with E-state index < -0.39 is 17.4 Å². The average Bonchev–Trinajstić information content (AvgIpc) is 3.56. The Bertz CT molecular complexity index is 1000. The molecule has 1 aliphatic heterocycles. The molecule has 4 aliphatic rings. The lowest BCUT2D eigenvalue weighted by Crippen LogP contribution is -2.49. The Morgan fingerprint density at radius 2 is 1.58 bits per heavy atom. The molecular formula is C30H45NO6S. The number of nitrogens with zero attached hydrogens (tertiary/aromatic N) is 1. The predicted molar refractivity (Wildman–Crippen MR) is 147 cm³/mol. The van der Waals surface area contributed by atoms with Gasteiger partial charge in [0, 0.05) is 29.7 Å². The van der Waals surface area contributed by atoms with Crippen LogP contribution < -0.4 is 4.90 Å². The number of methoxy groups -OCH3 is 1. The minimum absolute atomic E-state index is 0.0477. The van der Waals surface area contributed by atoms with Gasteiger partial charge in [0.2, 0.25) is 5.91 Å². The molecular weight excluding hydrogens is 502 g/mol. The molecule has 0 aromatic carbocycles. The van der Waals surface area contributed by atoms with E-state index in [2.05, 4.69) is 20.8 Å². The molecule has 0 atom stereocenters. The molecule has 212 valence electrons. The van der Waals surface area contributed by atoms with Crippen molar-refractivity contribution in [3.63, 3.8) is 0 Å². The van der Waals surface area contributed by atoms with E-state index in [-0.39, 0.29) is 23.3 Å². The molecule has 7 nitrogen and oxygen atoms in total. The summed E-state index contributed by atoms with van der Waals surface area (Å²) < 4.78 is 17.1. The van der Waals surface area contributed by atoms with Crippen molar-refractivity contribution in [1.29, 1.82) is 0 Å². The summed E-state index contributed by atoms with van der Waals surface area (Å²) in [7, 11) is 1.39. The van der Waals surface area contributed by atoms with Crippen molar-refractivity contribution in [3.05, 3.63) is 15.8 Å². The molecule has 5 rings (SSSR count). The first-order chi connectivity index (χ1) is 18.0. The van der Waals surface area contributed by atoms with Gasteiger partial charge in [-0.05, 0) is 81.6 Å². The van der Waals surface area contributed by atoms with E-state index in [9.17, 15) is 14.7 Å². The molecule has 2 heterocycles. The van der Waals surface area contributed by atoms with E-state index in [1.54, 1.807) is 0 Å². The first-order valence-corrected chi connectivity index (χ1v) is 15.4. The number of carbonyl (C=O) groups excluding carboxylic acids is 2. The Morgan fingerprint density at radius 1 is 0.974 bits per heavy atom. The summed E-state index contributed by atoms with van der Waals surface area (Å²) in [6.07, 6.45) is 9.94. The Morgan fingerprint density at radius 3 is 2.16 bits per heavy atom. The number of anilines is 1. The first kappa shape index (κ1) is 28.1. The number of amides is 1. The Kier molecular flexibility index (Phi) is 8.00. The van der Waals surface area contributed by atoms with Gasteiger partial charge in [0.25, 0.3) is 0 Å². The van der Waals surface area contributed by atoms with Crippen LogP contribution in [0, 0.1) is 17.3 Å². The molecule has 1 spiro atoms. The zero-order chi connectivity index (χ0) is 27.1. The maximum absolute atomic E-state index is 14.3. The monoisotopic (exact) mass is 547 g/mol. The van der Waals surface area contributed by atoms with Gasteiger partial charge in [0.1, 0.15) is 4.88 Å². The molecule has 1 N–H and O–H groups in total. The molecule has 3 saturated carbocycles. The fourth-order valence-electron chi connectivity index (χ4n) is 6.90. The largest absolute Gasteiger partial charge is 0.465 e. The minimum Gasteiger partial charge on any atom is -0.465 e. The molecule has 0 unspecified atom stereocenters. The molecule has 1 aromatic rings. The van der Waals surface area contributed by atoms with Crippen molar-refractivity contribution < 1.29 is 28.9 Å². The second-order valence-corrected chi connectivity index (χ2v) is 14.1. The van der Waals surface area contributed by atoms with E-state index in [4.69, 9.17) is 14.2 Å². The smallest absolute Gasteiger partial charge is 0.350 e. The van der Waals surface area contributed by atoms with Gasteiger partial charge in [0.05, 0.1) is 31.6 Å². The summed E-state index contributed by atoms with van der Waals surface area (Å²) in [6, 6.07) is 1.89. The van der Waals surface area contributed by atoms with Crippen molar-refractivity contribution in [1.82, 2.24) is 0 Å². The first-order valence-electron chi connectivity index (χ1n) is 14.6. The van der Waals surface area contributed by atoms with Crippen LogP contribution in [0.2, 0.25) is 0 Å². The Balaban J connectivity index is 1.49. The molecule has 0 bridgehead atoms. The van der Waals surface area contributed by atoms with Crippen molar-refractivity contribution >= 4 is 28.9 Å². The summed E-state index contributed by atoms with van der Waals surface area (Å²) in [5.41, 5.74) is -0.175. The standard InChI is InChI=1S/C30H45NO6S/c1-20-5-7-21(8-6-20)26(32)31(22-9-11-30(12-10-22)36-17-18-37-30)23-19-24(38-25(23)27(33)35-4)29(34)15-13-28(2,3)14-16-29/h19-22,34H,5-18H2,1-4H3/t20-,21-. The molecule has 1 aromatic heterocycles. The number of hydrogen-bond acceptors (Lipinski definition) is 7. The molecule has 0 radical (unpaired) electrons. The number of aliphatic hydroxyl groups is 1. The number of carbonyl (C=O) groups is 2. The number of ether oxygens (including phenoxy) is 3. The number of rotatable bonds is 5. The van der Waals surface area contributed by atoms with Gasteiger partial charge >= 0.3 is 5.97 Å². The van der Waals surface area contributed by atoms with Gasteiger partial charge in [0.15, 0.2) is 5.79 Å². The second kappa shape index (κ2) is 10.8. The van der Waals surface area contributed by atoms with Gasteiger partial charge in [-0.3, -0.25) is 4.79 Å². The molecule has 8 heteroatoms. The number of thiophene rings is 1. The van der Waals surface area contributed by atoms with Crippen LogP contribution in [-0.4, -0.2) is 49.1 Å². The van der Waals surface area contributed by atoms with Crippen LogP contribution in [0.1, 0.15) is 112 Å². The normalized spacial score (nSPS) is 30.2. The van der Waals surface area contributed by atoms with Crippen molar-refractivity contribution in [2.24, 2.45) is 17.3 Å². The lowest BCUT2D eigenvalue weighted by molar-refractivity contribution is -0.179. The van der Waals surface area contributed by atoms with Crippen LogP contribution in [0.3, 0.4) is 0 Å². The van der Waals surface area contributed by atoms with Gasteiger partial charge < -0.3 is 24.2 Å².